The summed E-state index contributed by atoms with van der Waals surface area (Å²) >= 11 is 3.31. The summed E-state index contributed by atoms with van der Waals surface area (Å²) in [7, 11) is 1.62. The first kappa shape index (κ1) is 13.0. The summed E-state index contributed by atoms with van der Waals surface area (Å²) < 4.78 is 5.20. The molecule has 0 fully saturated rings. The topological polar surface area (TPSA) is 38.3 Å². The van der Waals surface area contributed by atoms with Gasteiger partial charge in [-0.2, -0.15) is 0 Å². The average molecular weight is 286 g/mol. The first-order valence-electron chi connectivity index (χ1n) is 5.22. The average Bonchev–Trinajstić information content (AvgIpc) is 2.35. The number of para-hydroxylation sites is 1. The van der Waals surface area contributed by atoms with E-state index in [1.165, 1.54) is 0 Å². The van der Waals surface area contributed by atoms with Gasteiger partial charge in [0.2, 0.25) is 5.91 Å². The summed E-state index contributed by atoms with van der Waals surface area (Å²) in [4.78, 5) is 11.4. The van der Waals surface area contributed by atoms with Crippen molar-refractivity contribution in [3.63, 3.8) is 0 Å². The molecular formula is C12H16BrNO2. The van der Waals surface area contributed by atoms with Crippen LogP contribution in [0.1, 0.15) is 18.9 Å². The van der Waals surface area contributed by atoms with E-state index in [1.807, 2.05) is 31.2 Å². The summed E-state index contributed by atoms with van der Waals surface area (Å²) in [6.07, 6.45) is 0.776. The van der Waals surface area contributed by atoms with Gasteiger partial charge in [0, 0.05) is 12.1 Å². The van der Waals surface area contributed by atoms with Crippen molar-refractivity contribution in [2.75, 3.05) is 7.11 Å². The SMILES string of the molecule is CCC(Br)C(=O)NCc1ccccc1OC. The normalized spacial score (nSPS) is 11.9. The number of ether oxygens (including phenoxy) is 1. The van der Waals surface area contributed by atoms with Crippen LogP contribution in [0.4, 0.5) is 0 Å². The summed E-state index contributed by atoms with van der Waals surface area (Å²) in [5.41, 5.74) is 0.981. The Hall–Kier alpha value is -1.03. The lowest BCUT2D eigenvalue weighted by molar-refractivity contribution is -0.120. The number of methoxy groups -OCH3 is 1. The molecule has 1 unspecified atom stereocenters. The van der Waals surface area contributed by atoms with E-state index in [-0.39, 0.29) is 10.7 Å². The molecular weight excluding hydrogens is 270 g/mol. The Bertz CT molecular complexity index is 355. The molecule has 1 atom stereocenters. The highest BCUT2D eigenvalue weighted by molar-refractivity contribution is 9.10. The third-order valence-electron chi connectivity index (χ3n) is 2.29. The fourth-order valence-corrected chi connectivity index (χ4v) is 1.49. The van der Waals surface area contributed by atoms with E-state index in [4.69, 9.17) is 4.74 Å². The van der Waals surface area contributed by atoms with Crippen LogP contribution in [0.3, 0.4) is 0 Å². The largest absolute Gasteiger partial charge is 0.496 e. The van der Waals surface area contributed by atoms with Crippen molar-refractivity contribution in [2.45, 2.75) is 24.7 Å². The number of nitrogens with one attached hydrogen (secondary N) is 1. The Labute approximate surface area is 104 Å². The summed E-state index contributed by atoms with van der Waals surface area (Å²) in [6.45, 7) is 2.45. The van der Waals surface area contributed by atoms with Crippen LogP contribution in [0.5, 0.6) is 5.75 Å². The van der Waals surface area contributed by atoms with Gasteiger partial charge in [0.1, 0.15) is 5.75 Å². The second kappa shape index (κ2) is 6.53. The predicted molar refractivity (Wildman–Crippen MR) is 67.8 cm³/mol. The van der Waals surface area contributed by atoms with Crippen LogP contribution in [0.25, 0.3) is 0 Å². The Morgan fingerprint density at radius 2 is 2.19 bits per heavy atom. The Balaban J connectivity index is 2.57. The number of halogens is 1. The lowest BCUT2D eigenvalue weighted by Gasteiger charge is -2.11. The standard InChI is InChI=1S/C12H16BrNO2/c1-3-10(13)12(15)14-8-9-6-4-5-7-11(9)16-2/h4-7,10H,3,8H2,1-2H3,(H,14,15). The lowest BCUT2D eigenvalue weighted by atomic mass is 10.2. The summed E-state index contributed by atoms with van der Waals surface area (Å²) in [5.74, 6) is 0.804. The molecule has 0 aliphatic carbocycles. The smallest absolute Gasteiger partial charge is 0.234 e. The molecule has 0 aromatic heterocycles. The Kier molecular flexibility index (Phi) is 5.32. The lowest BCUT2D eigenvalue weighted by Crippen LogP contribution is -2.30. The maximum absolute atomic E-state index is 11.5. The van der Waals surface area contributed by atoms with Crippen LogP contribution in [-0.4, -0.2) is 17.8 Å². The number of carbonyl (C=O) groups is 1. The van der Waals surface area contributed by atoms with Crippen molar-refractivity contribution in [3.05, 3.63) is 29.8 Å². The predicted octanol–water partition coefficient (Wildman–Crippen LogP) is 2.48. The maximum atomic E-state index is 11.5. The summed E-state index contributed by atoms with van der Waals surface area (Å²) in [6, 6.07) is 7.65. The highest BCUT2D eigenvalue weighted by Crippen LogP contribution is 2.17. The summed E-state index contributed by atoms with van der Waals surface area (Å²) in [5, 5.41) is 2.86. The van der Waals surface area contributed by atoms with Gasteiger partial charge in [-0.25, -0.2) is 0 Å². The molecule has 1 aromatic carbocycles. The number of hydrogen-bond donors (Lipinski definition) is 1. The van der Waals surface area contributed by atoms with Gasteiger partial charge < -0.3 is 10.1 Å². The molecule has 0 aliphatic heterocycles. The van der Waals surface area contributed by atoms with Gasteiger partial charge in [0.15, 0.2) is 0 Å². The molecule has 0 bridgehead atoms. The van der Waals surface area contributed by atoms with Crippen molar-refractivity contribution in [1.82, 2.24) is 5.32 Å². The van der Waals surface area contributed by atoms with Crippen molar-refractivity contribution < 1.29 is 9.53 Å². The molecule has 0 heterocycles. The fourth-order valence-electron chi connectivity index (χ4n) is 1.33. The zero-order chi connectivity index (χ0) is 12.0. The van der Waals surface area contributed by atoms with Gasteiger partial charge in [-0.05, 0) is 12.5 Å². The van der Waals surface area contributed by atoms with E-state index in [1.54, 1.807) is 7.11 Å². The van der Waals surface area contributed by atoms with Crippen LogP contribution in [0.15, 0.2) is 24.3 Å². The van der Waals surface area contributed by atoms with Crippen LogP contribution >= 0.6 is 15.9 Å². The van der Waals surface area contributed by atoms with Crippen molar-refractivity contribution >= 4 is 21.8 Å². The highest BCUT2D eigenvalue weighted by atomic mass is 79.9. The Morgan fingerprint density at radius 1 is 1.50 bits per heavy atom. The minimum Gasteiger partial charge on any atom is -0.496 e. The van der Waals surface area contributed by atoms with E-state index in [9.17, 15) is 4.79 Å². The van der Waals surface area contributed by atoms with Crippen molar-refractivity contribution in [3.8, 4) is 5.75 Å². The second-order valence-electron chi connectivity index (χ2n) is 3.41. The number of alkyl halides is 1. The van der Waals surface area contributed by atoms with Gasteiger partial charge in [-0.3, -0.25) is 4.79 Å². The first-order valence-corrected chi connectivity index (χ1v) is 6.14. The number of amides is 1. The minimum absolute atomic E-state index is 0.00778. The highest BCUT2D eigenvalue weighted by Gasteiger charge is 2.12. The maximum Gasteiger partial charge on any atom is 0.234 e. The molecule has 0 saturated carbocycles. The molecule has 1 N–H and O–H groups in total. The van der Waals surface area contributed by atoms with E-state index in [2.05, 4.69) is 21.2 Å². The molecule has 0 spiro atoms. The molecule has 16 heavy (non-hydrogen) atoms. The molecule has 0 radical (unpaired) electrons. The third-order valence-corrected chi connectivity index (χ3v) is 3.35. The molecule has 3 nitrogen and oxygen atoms in total. The number of carbonyl (C=O) groups excluding carboxylic acids is 1. The molecule has 0 aliphatic rings. The molecule has 1 amide bonds. The molecule has 1 rings (SSSR count). The number of hydrogen-bond acceptors (Lipinski definition) is 2. The van der Waals surface area contributed by atoms with Crippen molar-refractivity contribution in [2.24, 2.45) is 0 Å². The van der Waals surface area contributed by atoms with Crippen LogP contribution < -0.4 is 10.1 Å². The molecule has 88 valence electrons. The van der Waals surface area contributed by atoms with Gasteiger partial charge in [0.05, 0.1) is 11.9 Å². The molecule has 4 heteroatoms. The van der Waals surface area contributed by atoms with Gasteiger partial charge in [-0.15, -0.1) is 0 Å². The van der Waals surface area contributed by atoms with Gasteiger partial charge in [0.25, 0.3) is 0 Å². The first-order chi connectivity index (χ1) is 7.69. The monoisotopic (exact) mass is 285 g/mol. The van der Waals surface area contributed by atoms with E-state index in [0.717, 1.165) is 17.7 Å². The Morgan fingerprint density at radius 3 is 2.81 bits per heavy atom. The zero-order valence-electron chi connectivity index (χ0n) is 9.50. The van der Waals surface area contributed by atoms with Crippen molar-refractivity contribution in [1.29, 1.82) is 0 Å². The van der Waals surface area contributed by atoms with Crippen LogP contribution in [0.2, 0.25) is 0 Å². The fraction of sp³-hybridized carbons (Fsp3) is 0.417. The van der Waals surface area contributed by atoms with E-state index in [0.29, 0.717) is 6.54 Å². The van der Waals surface area contributed by atoms with Gasteiger partial charge >= 0.3 is 0 Å². The molecule has 1 aromatic rings. The van der Waals surface area contributed by atoms with E-state index >= 15 is 0 Å². The minimum atomic E-state index is -0.123. The number of rotatable bonds is 5. The molecule has 0 saturated heterocycles. The van der Waals surface area contributed by atoms with E-state index < -0.39 is 0 Å². The van der Waals surface area contributed by atoms with Crippen LogP contribution in [0, 0.1) is 0 Å². The van der Waals surface area contributed by atoms with Gasteiger partial charge in [-0.1, -0.05) is 41.1 Å². The zero-order valence-corrected chi connectivity index (χ0v) is 11.1. The van der Waals surface area contributed by atoms with Crippen LogP contribution in [-0.2, 0) is 11.3 Å². The third kappa shape index (κ3) is 3.52. The number of benzene rings is 1. The second-order valence-corrected chi connectivity index (χ2v) is 4.51. The quantitative estimate of drug-likeness (QED) is 0.844.